The zero-order valence-corrected chi connectivity index (χ0v) is 28.8. The molecule has 2 atom stereocenters. The molecule has 2 amide bonds. The molecule has 0 bridgehead atoms. The molecular weight excluding hydrogens is 651 g/mol. The minimum Gasteiger partial charge on any atom is -0.323 e. The van der Waals surface area contributed by atoms with E-state index in [0.717, 1.165) is 22.3 Å². The van der Waals surface area contributed by atoms with Gasteiger partial charge in [0, 0.05) is 16.9 Å². The molecule has 246 valence electrons. The quantitative estimate of drug-likeness (QED) is 0.120. The molecule has 4 aromatic rings. The molecule has 0 heterocycles. The number of nitrogens with one attached hydrogen (secondary N) is 2. The average Bonchev–Trinajstić information content (AvgIpc) is 3.01. The van der Waals surface area contributed by atoms with Crippen molar-refractivity contribution in [2.24, 2.45) is 20.5 Å². The molecule has 0 aliphatic carbocycles. The largest absolute Gasteiger partial charge is 0.323 e. The number of amides is 2. The van der Waals surface area contributed by atoms with E-state index in [1.54, 1.807) is 24.3 Å². The molecule has 0 aromatic heterocycles. The zero-order valence-electron chi connectivity index (χ0n) is 27.3. The van der Waals surface area contributed by atoms with E-state index in [-0.39, 0.29) is 15.7 Å². The second-order valence-corrected chi connectivity index (χ2v) is 12.1. The highest BCUT2D eigenvalue weighted by molar-refractivity contribution is 6.39. The average molecular weight is 686 g/mol. The van der Waals surface area contributed by atoms with Gasteiger partial charge < -0.3 is 10.6 Å². The Morgan fingerprint density at radius 1 is 0.583 bits per heavy atom. The number of para-hydroxylation sites is 2. The lowest BCUT2D eigenvalue weighted by Crippen LogP contribution is -2.32. The van der Waals surface area contributed by atoms with Crippen molar-refractivity contribution in [3.8, 4) is 11.1 Å². The van der Waals surface area contributed by atoms with Crippen molar-refractivity contribution in [2.75, 3.05) is 10.6 Å². The van der Waals surface area contributed by atoms with E-state index in [1.807, 2.05) is 64.1 Å². The highest BCUT2D eigenvalue weighted by atomic mass is 35.5. The van der Waals surface area contributed by atoms with Crippen molar-refractivity contribution in [3.05, 3.63) is 105 Å². The molecule has 12 heteroatoms. The van der Waals surface area contributed by atoms with Crippen LogP contribution in [0.15, 0.2) is 93.3 Å². The number of Topliss-reactive ketones (excluding diaryl/α,β-unsaturated/α-hetero) is 2. The normalized spacial score (nSPS) is 12.6. The summed E-state index contributed by atoms with van der Waals surface area (Å²) in [4.78, 5) is 50.4. The summed E-state index contributed by atoms with van der Waals surface area (Å²) in [5.41, 5.74) is 6.48. The summed E-state index contributed by atoms with van der Waals surface area (Å²) in [6, 6.07) is 18.3. The molecule has 0 aliphatic heterocycles. The van der Waals surface area contributed by atoms with Gasteiger partial charge in [0.25, 0.3) is 11.8 Å². The first kappa shape index (κ1) is 35.8. The van der Waals surface area contributed by atoms with Crippen LogP contribution in [0.5, 0.6) is 0 Å². The molecule has 4 aromatic carbocycles. The highest BCUT2D eigenvalue weighted by Crippen LogP contribution is 2.39. The van der Waals surface area contributed by atoms with Crippen molar-refractivity contribution in [2.45, 2.75) is 53.6 Å². The number of hydrogen-bond acceptors (Lipinski definition) is 8. The van der Waals surface area contributed by atoms with E-state index in [4.69, 9.17) is 23.2 Å². The Labute approximate surface area is 288 Å². The number of benzene rings is 4. The standard InChI is InChI=1S/C36H34Cl2N6O4/c1-19-9-7-10-20(2)31(19)39-35(47)33(23(5)45)43-41-26-15-13-25(14-16-26)30-28(37)17-27(18-29(30)38)42-44-34(24(6)46)36(48)40-32-21(3)11-8-12-22(32)4/h7-18,33-34H,1-6H3,(H,39,47)(H,40,48). The Hall–Kier alpha value is -5.06. The van der Waals surface area contributed by atoms with Gasteiger partial charge in [-0.25, -0.2) is 0 Å². The van der Waals surface area contributed by atoms with E-state index >= 15 is 0 Å². The van der Waals surface area contributed by atoms with Crippen molar-refractivity contribution in [3.63, 3.8) is 0 Å². The van der Waals surface area contributed by atoms with Crippen LogP contribution in [0, 0.1) is 27.7 Å². The Morgan fingerprint density at radius 3 is 1.33 bits per heavy atom. The Bertz CT molecular complexity index is 1890. The van der Waals surface area contributed by atoms with E-state index in [1.165, 1.54) is 26.0 Å². The van der Waals surface area contributed by atoms with Crippen LogP contribution in [0.2, 0.25) is 10.0 Å². The SMILES string of the molecule is CC(=O)C(N=Nc1ccc(-c2c(Cl)cc(N=NC(C(C)=O)C(=O)Nc3c(C)cccc3C)cc2Cl)cc1)C(=O)Nc1c(C)cccc1C. The minimum absolute atomic E-state index is 0.250. The number of ketones is 2. The van der Waals surface area contributed by atoms with E-state index in [0.29, 0.717) is 28.2 Å². The summed E-state index contributed by atoms with van der Waals surface area (Å²) in [6.45, 7) is 9.99. The van der Waals surface area contributed by atoms with Gasteiger partial charge >= 0.3 is 0 Å². The number of halogens is 2. The molecule has 0 saturated heterocycles. The highest BCUT2D eigenvalue weighted by Gasteiger charge is 2.25. The number of anilines is 2. The molecule has 4 rings (SSSR count). The number of rotatable bonds is 11. The predicted octanol–water partition coefficient (Wildman–Crippen LogP) is 9.25. The smallest absolute Gasteiger partial charge is 0.258 e. The Balaban J connectivity index is 1.49. The number of aryl methyl sites for hydroxylation is 4. The van der Waals surface area contributed by atoms with Gasteiger partial charge in [0.15, 0.2) is 11.6 Å². The summed E-state index contributed by atoms with van der Waals surface area (Å²) < 4.78 is 0. The second kappa shape index (κ2) is 15.7. The van der Waals surface area contributed by atoms with Gasteiger partial charge in [0.2, 0.25) is 12.1 Å². The third-order valence-corrected chi connectivity index (χ3v) is 8.08. The zero-order chi connectivity index (χ0) is 35.1. The molecule has 0 aliphatic rings. The van der Waals surface area contributed by atoms with Gasteiger partial charge in [-0.15, -0.1) is 0 Å². The van der Waals surface area contributed by atoms with Crippen LogP contribution in [0.1, 0.15) is 36.1 Å². The molecule has 0 fully saturated rings. The lowest BCUT2D eigenvalue weighted by molar-refractivity contribution is -0.127. The van der Waals surface area contributed by atoms with E-state index < -0.39 is 35.5 Å². The summed E-state index contributed by atoms with van der Waals surface area (Å²) in [5.74, 6) is -2.12. The number of carbonyl (C=O) groups is 4. The maximum Gasteiger partial charge on any atom is 0.258 e. The van der Waals surface area contributed by atoms with Crippen LogP contribution in [0.4, 0.5) is 22.7 Å². The van der Waals surface area contributed by atoms with Crippen LogP contribution in [-0.4, -0.2) is 35.5 Å². The maximum absolute atomic E-state index is 12.9. The Kier molecular flexibility index (Phi) is 11.7. The van der Waals surface area contributed by atoms with Gasteiger partial charge in [0.05, 0.1) is 21.4 Å². The molecular formula is C36H34Cl2N6O4. The fraction of sp³-hybridized carbons (Fsp3) is 0.222. The molecule has 48 heavy (non-hydrogen) atoms. The van der Waals surface area contributed by atoms with Gasteiger partial charge in [-0.2, -0.15) is 20.5 Å². The summed E-state index contributed by atoms with van der Waals surface area (Å²) in [6.07, 6.45) is 0. The van der Waals surface area contributed by atoms with Crippen LogP contribution in [-0.2, 0) is 19.2 Å². The molecule has 2 unspecified atom stereocenters. The van der Waals surface area contributed by atoms with Gasteiger partial charge in [-0.05, 0) is 93.6 Å². The maximum atomic E-state index is 12.9. The van der Waals surface area contributed by atoms with Crippen molar-refractivity contribution in [1.29, 1.82) is 0 Å². The fourth-order valence-corrected chi connectivity index (χ4v) is 5.57. The summed E-state index contributed by atoms with van der Waals surface area (Å²) in [5, 5.41) is 22.3. The van der Waals surface area contributed by atoms with E-state index in [9.17, 15) is 19.2 Å². The number of carbonyl (C=O) groups excluding carboxylic acids is 4. The van der Waals surface area contributed by atoms with Crippen molar-refractivity contribution >= 4 is 69.3 Å². The first-order valence-electron chi connectivity index (χ1n) is 14.9. The minimum atomic E-state index is -1.37. The molecule has 10 nitrogen and oxygen atoms in total. The fourth-order valence-electron chi connectivity index (χ4n) is 4.88. The van der Waals surface area contributed by atoms with Gasteiger partial charge in [-0.1, -0.05) is 71.7 Å². The van der Waals surface area contributed by atoms with Crippen LogP contribution >= 0.6 is 23.2 Å². The first-order chi connectivity index (χ1) is 22.8. The van der Waals surface area contributed by atoms with Crippen LogP contribution in [0.3, 0.4) is 0 Å². The third kappa shape index (κ3) is 8.64. The monoisotopic (exact) mass is 684 g/mol. The topological polar surface area (TPSA) is 142 Å². The van der Waals surface area contributed by atoms with Gasteiger partial charge in [-0.3, -0.25) is 19.2 Å². The summed E-state index contributed by atoms with van der Waals surface area (Å²) >= 11 is 13.2. The second-order valence-electron chi connectivity index (χ2n) is 11.3. The molecule has 0 spiro atoms. The lowest BCUT2D eigenvalue weighted by Gasteiger charge is -2.14. The molecule has 2 N–H and O–H groups in total. The Morgan fingerprint density at radius 2 is 0.958 bits per heavy atom. The van der Waals surface area contributed by atoms with Crippen molar-refractivity contribution < 1.29 is 19.2 Å². The number of hydrogen-bond donors (Lipinski definition) is 2. The number of azo groups is 2. The van der Waals surface area contributed by atoms with Crippen molar-refractivity contribution in [1.82, 2.24) is 0 Å². The molecule has 0 saturated carbocycles. The molecule has 0 radical (unpaired) electrons. The van der Waals surface area contributed by atoms with Gasteiger partial charge in [0.1, 0.15) is 0 Å². The first-order valence-corrected chi connectivity index (χ1v) is 15.7. The summed E-state index contributed by atoms with van der Waals surface area (Å²) in [7, 11) is 0. The van der Waals surface area contributed by atoms with E-state index in [2.05, 4.69) is 31.1 Å². The predicted molar refractivity (Wildman–Crippen MR) is 189 cm³/mol. The number of nitrogens with zero attached hydrogens (tertiary/aromatic N) is 4. The lowest BCUT2D eigenvalue weighted by atomic mass is 10.0. The third-order valence-electron chi connectivity index (χ3n) is 7.49. The van der Waals surface area contributed by atoms with Crippen LogP contribution < -0.4 is 10.6 Å². The van der Waals surface area contributed by atoms with Crippen LogP contribution in [0.25, 0.3) is 11.1 Å².